The van der Waals surface area contributed by atoms with Crippen molar-refractivity contribution in [3.8, 4) is 11.4 Å². The van der Waals surface area contributed by atoms with Crippen molar-refractivity contribution in [1.82, 2.24) is 14.8 Å². The van der Waals surface area contributed by atoms with Gasteiger partial charge in [-0.25, -0.2) is 4.79 Å². The van der Waals surface area contributed by atoms with Crippen LogP contribution in [0.15, 0.2) is 58.8 Å². The normalized spacial score (nSPS) is 18.4. The van der Waals surface area contributed by atoms with Crippen molar-refractivity contribution in [2.24, 2.45) is 0 Å². The standard InChI is InChI=1S/C21H23N5O4S2/c27-17-8-3-9-25(18(17)19(28)29)14-5-2-7-16(11-14)30-12-22-13-4-1-6-15(10-13)26-20(31)23-24-21(26)32/h1-2,4-7,10-11,17-18,22,27H,3,8-9,12H2,(H,23,31)(H,24,32)(H,28,29). The number of aliphatic carboxylic acids is 1. The summed E-state index contributed by atoms with van der Waals surface area (Å²) in [6.45, 7) is 0.757. The Kier molecular flexibility index (Phi) is 6.77. The van der Waals surface area contributed by atoms with Gasteiger partial charge in [-0.3, -0.25) is 4.57 Å². The number of rotatable bonds is 7. The van der Waals surface area contributed by atoms with Crippen LogP contribution in [0.2, 0.25) is 0 Å². The Morgan fingerprint density at radius 2 is 1.84 bits per heavy atom. The third-order valence-electron chi connectivity index (χ3n) is 5.25. The first-order valence-corrected chi connectivity index (χ1v) is 10.9. The first-order valence-electron chi connectivity index (χ1n) is 10.0. The Balaban J connectivity index is 1.42. The Morgan fingerprint density at radius 1 is 1.12 bits per heavy atom. The molecule has 1 saturated heterocycles. The van der Waals surface area contributed by atoms with E-state index in [0.29, 0.717) is 34.7 Å². The van der Waals surface area contributed by atoms with Gasteiger partial charge in [-0.05, 0) is 43.2 Å². The summed E-state index contributed by atoms with van der Waals surface area (Å²) in [6, 6.07) is 13.8. The van der Waals surface area contributed by atoms with Gasteiger partial charge in [-0.2, -0.15) is 0 Å². The van der Waals surface area contributed by atoms with Crippen LogP contribution in [0.3, 0.4) is 0 Å². The Labute approximate surface area is 195 Å². The van der Waals surface area contributed by atoms with E-state index in [9.17, 15) is 15.0 Å². The van der Waals surface area contributed by atoms with Crippen LogP contribution in [0.1, 0.15) is 12.8 Å². The molecule has 168 valence electrons. The van der Waals surface area contributed by atoms with Gasteiger partial charge in [-0.15, -0.1) is 35.5 Å². The molecule has 1 aliphatic rings. The first-order chi connectivity index (χ1) is 15.4. The zero-order valence-electron chi connectivity index (χ0n) is 17.0. The number of piperidine rings is 1. The molecule has 3 aromatic rings. The molecule has 2 unspecified atom stereocenters. The summed E-state index contributed by atoms with van der Waals surface area (Å²) in [4.78, 5) is 13.4. The van der Waals surface area contributed by atoms with E-state index >= 15 is 0 Å². The molecule has 0 aliphatic carbocycles. The highest BCUT2D eigenvalue weighted by atomic mass is 32.1. The lowest BCUT2D eigenvalue weighted by Crippen LogP contribution is -2.53. The van der Waals surface area contributed by atoms with Gasteiger partial charge in [0.25, 0.3) is 0 Å². The lowest BCUT2D eigenvalue weighted by Gasteiger charge is -2.38. The molecular weight excluding hydrogens is 450 g/mol. The maximum absolute atomic E-state index is 11.7. The third kappa shape index (κ3) is 4.79. The molecule has 2 aromatic carbocycles. The van der Waals surface area contributed by atoms with Crippen LogP contribution in [0.5, 0.6) is 5.75 Å². The number of hydrogen-bond acceptors (Lipinski definition) is 9. The topological polar surface area (TPSA) is 113 Å². The van der Waals surface area contributed by atoms with Crippen molar-refractivity contribution in [1.29, 1.82) is 0 Å². The highest BCUT2D eigenvalue weighted by Gasteiger charge is 2.36. The fourth-order valence-corrected chi connectivity index (χ4v) is 4.36. The molecule has 0 amide bonds. The Morgan fingerprint density at radius 3 is 2.59 bits per heavy atom. The highest BCUT2D eigenvalue weighted by molar-refractivity contribution is 7.80. The van der Waals surface area contributed by atoms with Crippen molar-refractivity contribution in [3.05, 3.63) is 48.5 Å². The molecule has 0 saturated carbocycles. The van der Waals surface area contributed by atoms with Crippen LogP contribution >= 0.6 is 25.3 Å². The number of anilines is 2. The van der Waals surface area contributed by atoms with Crippen LogP contribution < -0.4 is 15.0 Å². The SMILES string of the molecule is O=C(O)C1C(O)CCCN1c1cccc(OCNc2cccc(-n3c(S)nnc3S)c2)c1. The summed E-state index contributed by atoms with van der Waals surface area (Å²) in [5.41, 5.74) is 2.32. The van der Waals surface area contributed by atoms with Gasteiger partial charge in [-0.1, -0.05) is 12.1 Å². The van der Waals surface area contributed by atoms with Crippen molar-refractivity contribution >= 4 is 42.6 Å². The van der Waals surface area contributed by atoms with Gasteiger partial charge < -0.3 is 25.2 Å². The summed E-state index contributed by atoms with van der Waals surface area (Å²) >= 11 is 8.60. The number of thiol groups is 2. The minimum absolute atomic E-state index is 0.196. The van der Waals surface area contributed by atoms with Crippen LogP contribution in [-0.4, -0.2) is 56.4 Å². The maximum Gasteiger partial charge on any atom is 0.329 e. The summed E-state index contributed by atoms with van der Waals surface area (Å²) < 4.78 is 7.53. The molecule has 11 heteroatoms. The second-order valence-corrected chi connectivity index (χ2v) is 8.13. The van der Waals surface area contributed by atoms with E-state index in [-0.39, 0.29) is 6.73 Å². The van der Waals surface area contributed by atoms with Crippen molar-refractivity contribution in [2.45, 2.75) is 35.3 Å². The fourth-order valence-electron chi connectivity index (χ4n) is 3.77. The molecule has 0 spiro atoms. The average molecular weight is 474 g/mol. The molecule has 4 rings (SSSR count). The molecule has 3 N–H and O–H groups in total. The number of aliphatic hydroxyl groups excluding tert-OH is 1. The number of aromatic nitrogens is 3. The molecule has 2 heterocycles. The second kappa shape index (κ2) is 9.72. The molecule has 0 bridgehead atoms. The lowest BCUT2D eigenvalue weighted by atomic mass is 9.98. The number of ether oxygens (including phenoxy) is 1. The number of nitrogens with zero attached hydrogens (tertiary/aromatic N) is 4. The molecule has 32 heavy (non-hydrogen) atoms. The van der Waals surface area contributed by atoms with Gasteiger partial charge >= 0.3 is 5.97 Å². The molecular formula is C21H23N5O4S2. The minimum atomic E-state index is -1.04. The predicted octanol–water partition coefficient (Wildman–Crippen LogP) is 2.71. The van der Waals surface area contributed by atoms with E-state index < -0.39 is 18.1 Å². The lowest BCUT2D eigenvalue weighted by molar-refractivity contribution is -0.142. The number of hydrogen-bond donors (Lipinski definition) is 5. The van der Waals surface area contributed by atoms with Crippen molar-refractivity contribution < 1.29 is 19.7 Å². The highest BCUT2D eigenvalue weighted by Crippen LogP contribution is 2.28. The van der Waals surface area contributed by atoms with E-state index in [2.05, 4.69) is 40.8 Å². The van der Waals surface area contributed by atoms with Crippen molar-refractivity contribution in [2.75, 3.05) is 23.5 Å². The third-order valence-corrected chi connectivity index (χ3v) is 5.83. The molecule has 0 radical (unpaired) electrons. The molecule has 9 nitrogen and oxygen atoms in total. The second-order valence-electron chi connectivity index (χ2n) is 7.33. The van der Waals surface area contributed by atoms with E-state index in [1.807, 2.05) is 30.3 Å². The Bertz CT molecular complexity index is 1090. The minimum Gasteiger partial charge on any atom is -0.480 e. The van der Waals surface area contributed by atoms with E-state index in [4.69, 9.17) is 4.74 Å². The number of benzene rings is 2. The smallest absolute Gasteiger partial charge is 0.329 e. The van der Waals surface area contributed by atoms with E-state index in [1.54, 1.807) is 27.7 Å². The van der Waals surface area contributed by atoms with Crippen LogP contribution in [0.4, 0.5) is 11.4 Å². The zero-order chi connectivity index (χ0) is 22.7. The van der Waals surface area contributed by atoms with Gasteiger partial charge in [0.1, 0.15) is 5.75 Å². The molecule has 1 aromatic heterocycles. The summed E-state index contributed by atoms with van der Waals surface area (Å²) in [6.07, 6.45) is 0.300. The van der Waals surface area contributed by atoms with E-state index in [1.165, 1.54) is 0 Å². The van der Waals surface area contributed by atoms with Gasteiger partial charge in [0.2, 0.25) is 0 Å². The number of nitrogens with one attached hydrogen (secondary N) is 1. The monoisotopic (exact) mass is 473 g/mol. The Hall–Kier alpha value is -2.89. The van der Waals surface area contributed by atoms with Crippen molar-refractivity contribution in [3.63, 3.8) is 0 Å². The van der Waals surface area contributed by atoms with Gasteiger partial charge in [0.15, 0.2) is 23.1 Å². The largest absolute Gasteiger partial charge is 0.480 e. The van der Waals surface area contributed by atoms with Gasteiger partial charge in [0, 0.05) is 24.0 Å². The molecule has 1 fully saturated rings. The number of carbonyl (C=O) groups is 1. The van der Waals surface area contributed by atoms with Crippen LogP contribution in [0, 0.1) is 0 Å². The number of carboxylic acids is 1. The fraction of sp³-hybridized carbons (Fsp3) is 0.286. The van der Waals surface area contributed by atoms with Crippen LogP contribution in [-0.2, 0) is 4.79 Å². The summed E-state index contributed by atoms with van der Waals surface area (Å²) in [5, 5.41) is 31.5. The van der Waals surface area contributed by atoms with Gasteiger partial charge in [0.05, 0.1) is 11.8 Å². The first kappa shape index (κ1) is 22.3. The molecule has 1 aliphatic heterocycles. The molecule has 2 atom stereocenters. The van der Waals surface area contributed by atoms with Crippen LogP contribution in [0.25, 0.3) is 5.69 Å². The zero-order valence-corrected chi connectivity index (χ0v) is 18.8. The van der Waals surface area contributed by atoms with E-state index in [0.717, 1.165) is 17.8 Å². The predicted molar refractivity (Wildman–Crippen MR) is 125 cm³/mol. The maximum atomic E-state index is 11.7. The number of aliphatic hydroxyl groups is 1. The number of carboxylic acid groups (broad SMARTS) is 1. The summed E-state index contributed by atoms with van der Waals surface area (Å²) in [7, 11) is 0. The average Bonchev–Trinajstić information content (AvgIpc) is 3.11. The quantitative estimate of drug-likeness (QED) is 0.263. The summed E-state index contributed by atoms with van der Waals surface area (Å²) in [5.74, 6) is -0.448.